The van der Waals surface area contributed by atoms with Gasteiger partial charge in [0, 0.05) is 19.2 Å². The molecule has 1 fully saturated rings. The van der Waals surface area contributed by atoms with Crippen LogP contribution in [-0.4, -0.2) is 38.3 Å². The summed E-state index contributed by atoms with van der Waals surface area (Å²) in [6, 6.07) is 0.678. The topological polar surface area (TPSA) is 50.4 Å². The summed E-state index contributed by atoms with van der Waals surface area (Å²) in [6.07, 6.45) is 7.07. The molecule has 1 atom stereocenters. The Morgan fingerprint density at radius 3 is 2.65 bits per heavy atom. The summed E-state index contributed by atoms with van der Waals surface area (Å²) in [7, 11) is 1.69. The molecular formula is C13H26N2O2. The normalized spacial score (nSPS) is 18.9. The lowest BCUT2D eigenvalue weighted by Crippen LogP contribution is -2.44. The van der Waals surface area contributed by atoms with E-state index in [0.29, 0.717) is 19.2 Å². The van der Waals surface area contributed by atoms with Crippen molar-refractivity contribution in [2.75, 3.05) is 20.3 Å². The van der Waals surface area contributed by atoms with Crippen LogP contribution < -0.4 is 10.6 Å². The molecule has 1 aliphatic carbocycles. The first-order valence-electron chi connectivity index (χ1n) is 6.78. The first-order chi connectivity index (χ1) is 8.26. The first kappa shape index (κ1) is 14.5. The Morgan fingerprint density at radius 1 is 1.35 bits per heavy atom. The van der Waals surface area contributed by atoms with Crippen LogP contribution in [-0.2, 0) is 9.53 Å². The molecule has 4 nitrogen and oxygen atoms in total. The van der Waals surface area contributed by atoms with Crippen molar-refractivity contribution in [3.8, 4) is 0 Å². The Balaban J connectivity index is 2.14. The van der Waals surface area contributed by atoms with Crippen molar-refractivity contribution in [2.24, 2.45) is 0 Å². The van der Waals surface area contributed by atoms with E-state index in [4.69, 9.17) is 4.74 Å². The molecule has 4 heteroatoms. The molecule has 0 saturated heterocycles. The first-order valence-corrected chi connectivity index (χ1v) is 6.78. The van der Waals surface area contributed by atoms with Gasteiger partial charge in [-0.3, -0.25) is 4.79 Å². The number of carbonyl (C=O) groups excluding carboxylic acids is 1. The van der Waals surface area contributed by atoms with E-state index in [2.05, 4.69) is 17.6 Å². The summed E-state index contributed by atoms with van der Waals surface area (Å²) < 4.78 is 5.08. The van der Waals surface area contributed by atoms with Crippen molar-refractivity contribution in [1.29, 1.82) is 0 Å². The number of hydrogen-bond donors (Lipinski definition) is 2. The number of amides is 1. The van der Waals surface area contributed by atoms with Crippen LogP contribution in [0.5, 0.6) is 0 Å². The second-order valence-corrected chi connectivity index (χ2v) is 4.84. The maximum Gasteiger partial charge on any atom is 0.234 e. The van der Waals surface area contributed by atoms with Crippen LogP contribution in [0.3, 0.4) is 0 Å². The van der Waals surface area contributed by atoms with E-state index < -0.39 is 0 Å². The van der Waals surface area contributed by atoms with Crippen molar-refractivity contribution in [1.82, 2.24) is 10.6 Å². The molecule has 1 amide bonds. The standard InChI is InChI=1S/C13H26N2O2/c1-3-11(10-17-2)14-9-13(16)15-12-7-5-4-6-8-12/h11-12,14H,3-10H2,1-2H3,(H,15,16). The van der Waals surface area contributed by atoms with Crippen molar-refractivity contribution in [3.05, 3.63) is 0 Å². The van der Waals surface area contributed by atoms with E-state index in [1.165, 1.54) is 19.3 Å². The monoisotopic (exact) mass is 242 g/mol. The molecule has 0 spiro atoms. The molecular weight excluding hydrogens is 216 g/mol. The van der Waals surface area contributed by atoms with Crippen molar-refractivity contribution >= 4 is 5.91 Å². The fourth-order valence-electron chi connectivity index (χ4n) is 2.28. The zero-order valence-corrected chi connectivity index (χ0v) is 11.1. The molecule has 0 aromatic rings. The third kappa shape index (κ3) is 6.03. The number of methoxy groups -OCH3 is 1. The van der Waals surface area contributed by atoms with Crippen LogP contribution in [0.25, 0.3) is 0 Å². The minimum atomic E-state index is 0.117. The van der Waals surface area contributed by atoms with Gasteiger partial charge in [-0.25, -0.2) is 0 Å². The van der Waals surface area contributed by atoms with Gasteiger partial charge < -0.3 is 15.4 Å². The maximum absolute atomic E-state index is 11.7. The smallest absolute Gasteiger partial charge is 0.234 e. The lowest BCUT2D eigenvalue weighted by atomic mass is 9.95. The average Bonchev–Trinajstić information content (AvgIpc) is 2.35. The second-order valence-electron chi connectivity index (χ2n) is 4.84. The molecule has 1 saturated carbocycles. The summed E-state index contributed by atoms with van der Waals surface area (Å²) in [4.78, 5) is 11.7. The Morgan fingerprint density at radius 2 is 2.06 bits per heavy atom. The summed E-state index contributed by atoms with van der Waals surface area (Å²) >= 11 is 0. The minimum Gasteiger partial charge on any atom is -0.383 e. The quantitative estimate of drug-likeness (QED) is 0.710. The van der Waals surface area contributed by atoms with Crippen LogP contribution in [0, 0.1) is 0 Å². The van der Waals surface area contributed by atoms with Gasteiger partial charge in [-0.1, -0.05) is 26.2 Å². The third-order valence-electron chi connectivity index (χ3n) is 3.38. The van der Waals surface area contributed by atoms with Gasteiger partial charge in [0.15, 0.2) is 0 Å². The number of carbonyl (C=O) groups is 1. The summed E-state index contributed by atoms with van der Waals surface area (Å²) in [6.45, 7) is 3.15. The highest BCUT2D eigenvalue weighted by Crippen LogP contribution is 2.17. The van der Waals surface area contributed by atoms with E-state index in [-0.39, 0.29) is 11.9 Å². The van der Waals surface area contributed by atoms with Gasteiger partial charge in [-0.15, -0.1) is 0 Å². The Labute approximate surface area is 104 Å². The SMILES string of the molecule is CCC(COC)NCC(=O)NC1CCCCC1. The summed E-state index contributed by atoms with van der Waals surface area (Å²) in [5, 5.41) is 6.32. The molecule has 0 heterocycles. The van der Waals surface area contributed by atoms with Crippen LogP contribution in [0.15, 0.2) is 0 Å². The molecule has 0 aromatic heterocycles. The predicted octanol–water partition coefficient (Wildman–Crippen LogP) is 1.45. The minimum absolute atomic E-state index is 0.117. The third-order valence-corrected chi connectivity index (χ3v) is 3.38. The van der Waals surface area contributed by atoms with Crippen molar-refractivity contribution in [2.45, 2.75) is 57.5 Å². The van der Waals surface area contributed by atoms with E-state index >= 15 is 0 Å². The second kappa shape index (κ2) is 8.48. The van der Waals surface area contributed by atoms with Crippen LogP contribution >= 0.6 is 0 Å². The number of ether oxygens (including phenoxy) is 1. The van der Waals surface area contributed by atoms with Gasteiger partial charge in [-0.2, -0.15) is 0 Å². The molecule has 0 aliphatic heterocycles. The molecule has 1 rings (SSSR count). The molecule has 1 unspecified atom stereocenters. The highest BCUT2D eigenvalue weighted by molar-refractivity contribution is 5.78. The fourth-order valence-corrected chi connectivity index (χ4v) is 2.28. The number of nitrogens with one attached hydrogen (secondary N) is 2. The molecule has 1 aliphatic rings. The molecule has 0 radical (unpaired) electrons. The van der Waals surface area contributed by atoms with Crippen LogP contribution in [0.4, 0.5) is 0 Å². The van der Waals surface area contributed by atoms with E-state index in [1.54, 1.807) is 7.11 Å². The highest BCUT2D eigenvalue weighted by Gasteiger charge is 2.16. The highest BCUT2D eigenvalue weighted by atomic mass is 16.5. The van der Waals surface area contributed by atoms with Gasteiger partial charge in [0.1, 0.15) is 0 Å². The Bertz CT molecular complexity index is 215. The lowest BCUT2D eigenvalue weighted by molar-refractivity contribution is -0.121. The fraction of sp³-hybridized carbons (Fsp3) is 0.923. The van der Waals surface area contributed by atoms with Crippen molar-refractivity contribution in [3.63, 3.8) is 0 Å². The van der Waals surface area contributed by atoms with Gasteiger partial charge in [0.2, 0.25) is 5.91 Å². The van der Waals surface area contributed by atoms with Gasteiger partial charge in [0.25, 0.3) is 0 Å². The lowest BCUT2D eigenvalue weighted by Gasteiger charge is -2.23. The zero-order valence-electron chi connectivity index (χ0n) is 11.1. The Hall–Kier alpha value is -0.610. The van der Waals surface area contributed by atoms with Crippen LogP contribution in [0.2, 0.25) is 0 Å². The van der Waals surface area contributed by atoms with E-state index in [1.807, 2.05) is 0 Å². The largest absolute Gasteiger partial charge is 0.383 e. The predicted molar refractivity (Wildman–Crippen MR) is 69.0 cm³/mol. The molecule has 100 valence electrons. The summed E-state index contributed by atoms with van der Waals surface area (Å²) in [5.41, 5.74) is 0. The number of rotatable bonds is 7. The Kier molecular flexibility index (Phi) is 7.21. The molecule has 0 bridgehead atoms. The van der Waals surface area contributed by atoms with Crippen molar-refractivity contribution < 1.29 is 9.53 Å². The molecule has 2 N–H and O–H groups in total. The summed E-state index contributed by atoms with van der Waals surface area (Å²) in [5.74, 6) is 0.117. The van der Waals surface area contributed by atoms with Gasteiger partial charge in [-0.05, 0) is 19.3 Å². The molecule has 0 aromatic carbocycles. The van der Waals surface area contributed by atoms with Gasteiger partial charge in [0.05, 0.1) is 13.2 Å². The zero-order chi connectivity index (χ0) is 12.5. The maximum atomic E-state index is 11.7. The molecule has 17 heavy (non-hydrogen) atoms. The van der Waals surface area contributed by atoms with Crippen LogP contribution in [0.1, 0.15) is 45.4 Å². The number of hydrogen-bond acceptors (Lipinski definition) is 3. The van der Waals surface area contributed by atoms with E-state index in [9.17, 15) is 4.79 Å². The van der Waals surface area contributed by atoms with Gasteiger partial charge >= 0.3 is 0 Å². The van der Waals surface area contributed by atoms with E-state index in [0.717, 1.165) is 19.3 Å². The average molecular weight is 242 g/mol.